The second-order valence-electron chi connectivity index (χ2n) is 8.94. The van der Waals surface area contributed by atoms with Gasteiger partial charge in [-0.2, -0.15) is 0 Å². The number of hydrogen-bond acceptors (Lipinski definition) is 4. The van der Waals surface area contributed by atoms with Crippen LogP contribution in [-0.2, 0) is 17.7 Å². The van der Waals surface area contributed by atoms with Crippen LogP contribution in [0.2, 0.25) is 0 Å². The van der Waals surface area contributed by atoms with Gasteiger partial charge in [0, 0.05) is 31.5 Å². The van der Waals surface area contributed by atoms with E-state index in [4.69, 9.17) is 9.47 Å². The SMILES string of the molecule is CC(C)COc1ccc(CCOC(=O)N(Cc2ccc(F)cc2)[C@@H]2CCNC[C@@H]2CF)cc1. The molecule has 7 heteroatoms. The van der Waals surface area contributed by atoms with E-state index in [1.807, 2.05) is 24.3 Å². The average Bonchev–Trinajstić information content (AvgIpc) is 2.83. The molecule has 1 heterocycles. The fourth-order valence-electron chi connectivity index (χ4n) is 3.93. The van der Waals surface area contributed by atoms with Crippen molar-refractivity contribution in [1.29, 1.82) is 0 Å². The normalized spacial score (nSPS) is 18.2. The van der Waals surface area contributed by atoms with E-state index in [2.05, 4.69) is 19.2 Å². The van der Waals surface area contributed by atoms with Crippen LogP contribution in [0.25, 0.3) is 0 Å². The average molecular weight is 461 g/mol. The topological polar surface area (TPSA) is 50.8 Å². The van der Waals surface area contributed by atoms with E-state index in [1.165, 1.54) is 12.1 Å². The van der Waals surface area contributed by atoms with E-state index in [9.17, 15) is 13.6 Å². The summed E-state index contributed by atoms with van der Waals surface area (Å²) in [5.41, 5.74) is 1.81. The first-order valence-electron chi connectivity index (χ1n) is 11.6. The van der Waals surface area contributed by atoms with Crippen LogP contribution in [0.5, 0.6) is 5.75 Å². The number of nitrogens with one attached hydrogen (secondary N) is 1. The molecule has 2 atom stereocenters. The first kappa shape index (κ1) is 25.0. The maximum absolute atomic E-state index is 13.7. The standard InChI is InChI=1S/C26H34F2N2O3/c1-19(2)18-33-24-9-5-20(6-10-24)12-14-32-26(31)30(17-21-3-7-23(28)8-4-21)25-11-13-29-16-22(25)15-27/h3-10,19,22,25,29H,11-18H2,1-2H3/t22-,25+/m0/s1. The summed E-state index contributed by atoms with van der Waals surface area (Å²) in [7, 11) is 0. The first-order chi connectivity index (χ1) is 16.0. The molecule has 2 aromatic rings. The Labute approximate surface area is 195 Å². The number of hydrogen-bond donors (Lipinski definition) is 1. The van der Waals surface area contributed by atoms with Crippen molar-refractivity contribution in [2.45, 2.75) is 39.3 Å². The number of carbonyl (C=O) groups is 1. The van der Waals surface area contributed by atoms with Crippen molar-refractivity contribution in [1.82, 2.24) is 10.2 Å². The van der Waals surface area contributed by atoms with Gasteiger partial charge in [-0.15, -0.1) is 0 Å². The van der Waals surface area contributed by atoms with E-state index in [1.54, 1.807) is 17.0 Å². The Kier molecular flexibility index (Phi) is 9.48. The van der Waals surface area contributed by atoms with Gasteiger partial charge in [0.25, 0.3) is 0 Å². The van der Waals surface area contributed by atoms with Crippen LogP contribution in [0.3, 0.4) is 0 Å². The molecular weight excluding hydrogens is 426 g/mol. The van der Waals surface area contributed by atoms with Crippen LogP contribution >= 0.6 is 0 Å². The molecule has 1 aliphatic rings. The summed E-state index contributed by atoms with van der Waals surface area (Å²) in [5.74, 6) is 0.638. The molecule has 0 aliphatic carbocycles. The number of amides is 1. The number of nitrogens with zero attached hydrogens (tertiary/aromatic N) is 1. The highest BCUT2D eigenvalue weighted by Gasteiger charge is 2.34. The summed E-state index contributed by atoms with van der Waals surface area (Å²) in [6, 6.07) is 13.5. The minimum atomic E-state index is -0.518. The Hall–Kier alpha value is -2.67. The number of carbonyl (C=O) groups excluding carboxylic acids is 1. The largest absolute Gasteiger partial charge is 0.493 e. The maximum atomic E-state index is 13.7. The van der Waals surface area contributed by atoms with Gasteiger partial charge in [0.1, 0.15) is 11.6 Å². The smallest absolute Gasteiger partial charge is 0.410 e. The van der Waals surface area contributed by atoms with E-state index in [-0.39, 0.29) is 30.9 Å². The monoisotopic (exact) mass is 460 g/mol. The van der Waals surface area contributed by atoms with Crippen molar-refractivity contribution in [3.63, 3.8) is 0 Å². The Bertz CT molecular complexity index is 859. The van der Waals surface area contributed by atoms with Gasteiger partial charge in [-0.1, -0.05) is 38.1 Å². The summed E-state index contributed by atoms with van der Waals surface area (Å²) < 4.78 is 38.3. The summed E-state index contributed by atoms with van der Waals surface area (Å²) in [5, 5.41) is 3.19. The van der Waals surface area contributed by atoms with Crippen molar-refractivity contribution < 1.29 is 23.0 Å². The number of alkyl halides is 1. The van der Waals surface area contributed by atoms with Gasteiger partial charge in [-0.25, -0.2) is 9.18 Å². The zero-order chi connectivity index (χ0) is 23.6. The number of ether oxygens (including phenoxy) is 2. The van der Waals surface area contributed by atoms with Crippen molar-refractivity contribution in [3.8, 4) is 5.75 Å². The quantitative estimate of drug-likeness (QED) is 0.543. The first-order valence-corrected chi connectivity index (χ1v) is 11.6. The van der Waals surface area contributed by atoms with Gasteiger partial charge in [0.2, 0.25) is 0 Å². The molecule has 1 fully saturated rings. The van der Waals surface area contributed by atoms with Crippen molar-refractivity contribution in [2.24, 2.45) is 11.8 Å². The van der Waals surface area contributed by atoms with Crippen LogP contribution < -0.4 is 10.1 Å². The highest BCUT2D eigenvalue weighted by atomic mass is 19.1. The van der Waals surface area contributed by atoms with Crippen LogP contribution in [0, 0.1) is 17.7 Å². The van der Waals surface area contributed by atoms with Crippen molar-refractivity contribution in [3.05, 3.63) is 65.5 Å². The Morgan fingerprint density at radius 2 is 1.82 bits per heavy atom. The zero-order valence-corrected chi connectivity index (χ0v) is 19.4. The summed E-state index contributed by atoms with van der Waals surface area (Å²) >= 11 is 0. The van der Waals surface area contributed by atoms with Gasteiger partial charge in [0.05, 0.1) is 19.9 Å². The Morgan fingerprint density at radius 3 is 2.48 bits per heavy atom. The minimum absolute atomic E-state index is 0.218. The summed E-state index contributed by atoms with van der Waals surface area (Å²) in [6.07, 6.45) is 0.740. The van der Waals surface area contributed by atoms with Gasteiger partial charge in [-0.3, -0.25) is 4.39 Å². The molecule has 5 nitrogen and oxygen atoms in total. The van der Waals surface area contributed by atoms with E-state index in [0.29, 0.717) is 38.5 Å². The molecular formula is C26H34F2N2O3. The van der Waals surface area contributed by atoms with Crippen molar-refractivity contribution >= 4 is 6.09 Å². The molecule has 0 radical (unpaired) electrons. The molecule has 0 unspecified atom stereocenters. The number of piperidine rings is 1. The molecule has 1 aliphatic heterocycles. The predicted octanol–water partition coefficient (Wildman–Crippen LogP) is 4.99. The highest BCUT2D eigenvalue weighted by Crippen LogP contribution is 2.23. The third-order valence-corrected chi connectivity index (χ3v) is 5.79. The number of benzene rings is 2. The zero-order valence-electron chi connectivity index (χ0n) is 19.4. The third-order valence-electron chi connectivity index (χ3n) is 5.79. The molecule has 0 saturated carbocycles. The molecule has 33 heavy (non-hydrogen) atoms. The second-order valence-corrected chi connectivity index (χ2v) is 8.94. The van der Waals surface area contributed by atoms with Crippen LogP contribution in [0.1, 0.15) is 31.4 Å². The predicted molar refractivity (Wildman–Crippen MR) is 125 cm³/mol. The van der Waals surface area contributed by atoms with Crippen molar-refractivity contribution in [2.75, 3.05) is 33.0 Å². The Morgan fingerprint density at radius 1 is 1.12 bits per heavy atom. The second kappa shape index (κ2) is 12.5. The van der Waals surface area contributed by atoms with E-state index < -0.39 is 12.8 Å². The van der Waals surface area contributed by atoms with E-state index in [0.717, 1.165) is 16.9 Å². The fraction of sp³-hybridized carbons (Fsp3) is 0.500. The molecule has 0 aromatic heterocycles. The van der Waals surface area contributed by atoms with Crippen LogP contribution in [-0.4, -0.2) is 50.0 Å². The lowest BCUT2D eigenvalue weighted by atomic mass is 9.93. The van der Waals surface area contributed by atoms with Gasteiger partial charge < -0.3 is 19.7 Å². The van der Waals surface area contributed by atoms with Gasteiger partial charge in [0.15, 0.2) is 0 Å². The summed E-state index contributed by atoms with van der Waals surface area (Å²) in [6.45, 7) is 6.04. The third kappa shape index (κ3) is 7.70. The molecule has 1 amide bonds. The van der Waals surface area contributed by atoms with Gasteiger partial charge >= 0.3 is 6.09 Å². The molecule has 0 bridgehead atoms. The molecule has 3 rings (SSSR count). The lowest BCUT2D eigenvalue weighted by Crippen LogP contribution is -2.52. The van der Waals surface area contributed by atoms with Gasteiger partial charge in [-0.05, 0) is 54.3 Å². The molecule has 2 aromatic carbocycles. The molecule has 180 valence electrons. The lowest BCUT2D eigenvalue weighted by Gasteiger charge is -2.38. The minimum Gasteiger partial charge on any atom is -0.493 e. The molecule has 1 saturated heterocycles. The fourth-order valence-corrected chi connectivity index (χ4v) is 3.93. The highest BCUT2D eigenvalue weighted by molar-refractivity contribution is 5.68. The number of halogens is 2. The van der Waals surface area contributed by atoms with Crippen LogP contribution in [0.4, 0.5) is 13.6 Å². The lowest BCUT2D eigenvalue weighted by molar-refractivity contribution is 0.0538. The Balaban J connectivity index is 1.60. The number of rotatable bonds is 10. The molecule has 0 spiro atoms. The van der Waals surface area contributed by atoms with Crippen LogP contribution in [0.15, 0.2) is 48.5 Å². The van der Waals surface area contributed by atoms with E-state index >= 15 is 0 Å². The molecule has 1 N–H and O–H groups in total. The maximum Gasteiger partial charge on any atom is 0.410 e. The summed E-state index contributed by atoms with van der Waals surface area (Å²) in [4.78, 5) is 14.6.